The molecule has 162 valence electrons. The lowest BCUT2D eigenvalue weighted by Crippen LogP contribution is -2.38. The molecular formula is C20H23F6NO2. The van der Waals surface area contributed by atoms with Crippen LogP contribution in [0, 0.1) is 5.92 Å². The summed E-state index contributed by atoms with van der Waals surface area (Å²) in [5, 5.41) is 0. The molecule has 0 radical (unpaired) electrons. The van der Waals surface area contributed by atoms with Crippen LogP contribution in [0.3, 0.4) is 0 Å². The number of rotatable bonds is 5. The quantitative estimate of drug-likeness (QED) is 0.488. The van der Waals surface area contributed by atoms with E-state index in [1.54, 1.807) is 18.2 Å². The second-order valence-corrected chi connectivity index (χ2v) is 6.19. The van der Waals surface area contributed by atoms with E-state index in [0.717, 1.165) is 0 Å². The van der Waals surface area contributed by atoms with Gasteiger partial charge < -0.3 is 10.5 Å². The smallest absolute Gasteiger partial charge is 0.401 e. The van der Waals surface area contributed by atoms with Crippen molar-refractivity contribution in [2.45, 2.75) is 38.3 Å². The van der Waals surface area contributed by atoms with Crippen LogP contribution >= 0.6 is 0 Å². The van der Waals surface area contributed by atoms with Crippen LogP contribution in [0.2, 0.25) is 0 Å². The molecule has 0 aliphatic carbocycles. The number of halogens is 6. The van der Waals surface area contributed by atoms with Gasteiger partial charge >= 0.3 is 18.3 Å². The highest BCUT2D eigenvalue weighted by atomic mass is 19.4. The van der Waals surface area contributed by atoms with Gasteiger partial charge in [-0.3, -0.25) is 4.79 Å². The molecule has 2 N–H and O–H groups in total. The van der Waals surface area contributed by atoms with Crippen LogP contribution in [-0.4, -0.2) is 18.3 Å². The van der Waals surface area contributed by atoms with Crippen molar-refractivity contribution >= 4 is 5.97 Å². The van der Waals surface area contributed by atoms with Gasteiger partial charge in [-0.2, -0.15) is 26.3 Å². The standard InChI is InChI=1S/C12H10F6O2.C8H11N.H2/c13-11(14,15)9(12(16,17)18)6-10(19)20-7-8-4-2-1-3-5-8;1-7(9)8-5-3-2-4-6-8;/h1-5,9H,6-7H2;2-7H,9H2,1H3;1H/t;7-;/m.0./s1. The average Bonchev–Trinajstić information content (AvgIpc) is 2.65. The second kappa shape index (κ2) is 10.8. The molecule has 0 aliphatic heterocycles. The highest BCUT2D eigenvalue weighted by Crippen LogP contribution is 2.41. The fourth-order valence-electron chi connectivity index (χ4n) is 2.14. The first kappa shape index (κ1) is 24.5. The van der Waals surface area contributed by atoms with E-state index in [1.165, 1.54) is 17.7 Å². The van der Waals surface area contributed by atoms with Gasteiger partial charge in [0, 0.05) is 7.47 Å². The summed E-state index contributed by atoms with van der Waals surface area (Å²) in [5.74, 6) is -5.26. The molecule has 0 amide bonds. The van der Waals surface area contributed by atoms with Crippen molar-refractivity contribution in [1.29, 1.82) is 0 Å². The number of nitrogens with two attached hydrogens (primary N) is 1. The zero-order valence-electron chi connectivity index (χ0n) is 15.5. The zero-order valence-corrected chi connectivity index (χ0v) is 15.5. The predicted octanol–water partition coefficient (Wildman–Crippen LogP) is 5.81. The van der Waals surface area contributed by atoms with Crippen molar-refractivity contribution in [2.24, 2.45) is 11.7 Å². The van der Waals surface area contributed by atoms with Gasteiger partial charge in [0.05, 0.1) is 6.42 Å². The Balaban J connectivity index is 0.000000704. The molecule has 0 saturated heterocycles. The first-order valence-corrected chi connectivity index (χ1v) is 8.54. The summed E-state index contributed by atoms with van der Waals surface area (Å²) in [5.41, 5.74) is 7.27. The van der Waals surface area contributed by atoms with Crippen LogP contribution in [0.25, 0.3) is 0 Å². The minimum absolute atomic E-state index is 0. The molecule has 29 heavy (non-hydrogen) atoms. The Morgan fingerprint density at radius 2 is 1.38 bits per heavy atom. The third kappa shape index (κ3) is 9.47. The first-order valence-electron chi connectivity index (χ1n) is 8.54. The van der Waals surface area contributed by atoms with Crippen molar-refractivity contribution < 1.29 is 37.3 Å². The summed E-state index contributed by atoms with van der Waals surface area (Å²) < 4.78 is 77.7. The van der Waals surface area contributed by atoms with Gasteiger partial charge in [0.2, 0.25) is 0 Å². The van der Waals surface area contributed by atoms with E-state index in [2.05, 4.69) is 4.74 Å². The van der Waals surface area contributed by atoms with Crippen molar-refractivity contribution in [3.05, 3.63) is 71.8 Å². The molecule has 0 heterocycles. The van der Waals surface area contributed by atoms with E-state index in [-0.39, 0.29) is 14.1 Å². The van der Waals surface area contributed by atoms with Gasteiger partial charge in [-0.25, -0.2) is 0 Å². The lowest BCUT2D eigenvalue weighted by molar-refractivity contribution is -0.285. The maximum absolute atomic E-state index is 12.2. The maximum atomic E-state index is 12.2. The summed E-state index contributed by atoms with van der Waals surface area (Å²) >= 11 is 0. The molecule has 2 aromatic carbocycles. The molecule has 0 unspecified atom stereocenters. The second-order valence-electron chi connectivity index (χ2n) is 6.19. The largest absolute Gasteiger partial charge is 0.461 e. The van der Waals surface area contributed by atoms with Crippen molar-refractivity contribution in [2.75, 3.05) is 0 Å². The molecule has 1 atom stereocenters. The topological polar surface area (TPSA) is 52.3 Å². The summed E-state index contributed by atoms with van der Waals surface area (Å²) in [6.45, 7) is 1.61. The Morgan fingerprint density at radius 1 is 0.931 bits per heavy atom. The van der Waals surface area contributed by atoms with Gasteiger partial charge in [0.25, 0.3) is 0 Å². The summed E-state index contributed by atoms with van der Waals surface area (Å²) in [6, 6.07) is 18.1. The Labute approximate surface area is 166 Å². The van der Waals surface area contributed by atoms with Crippen LogP contribution in [0.4, 0.5) is 26.3 Å². The number of hydrogen-bond acceptors (Lipinski definition) is 3. The molecule has 0 fully saturated rings. The molecule has 9 heteroatoms. The number of carbonyl (C=O) groups is 1. The van der Waals surface area contributed by atoms with E-state index < -0.39 is 30.7 Å². The molecule has 0 aromatic heterocycles. The molecule has 0 spiro atoms. The number of hydrogen-bond donors (Lipinski definition) is 1. The van der Waals surface area contributed by atoms with Gasteiger partial charge in [-0.1, -0.05) is 60.7 Å². The van der Waals surface area contributed by atoms with E-state index in [9.17, 15) is 31.1 Å². The van der Waals surface area contributed by atoms with E-state index >= 15 is 0 Å². The SMILES string of the molecule is C[C@H](N)c1ccccc1.O=C(CC(C(F)(F)F)C(F)(F)F)OCc1ccccc1.[HH]. The number of ether oxygens (including phenoxy) is 1. The molecule has 3 nitrogen and oxygen atoms in total. The van der Waals surface area contributed by atoms with E-state index in [4.69, 9.17) is 5.73 Å². The van der Waals surface area contributed by atoms with E-state index in [1.807, 2.05) is 37.3 Å². The Hall–Kier alpha value is -2.55. The van der Waals surface area contributed by atoms with Crippen LogP contribution in [0.5, 0.6) is 0 Å². The fourth-order valence-corrected chi connectivity index (χ4v) is 2.14. The fraction of sp³-hybridized carbons (Fsp3) is 0.350. The van der Waals surface area contributed by atoms with Gasteiger partial charge in [0.1, 0.15) is 6.61 Å². The number of esters is 1. The molecule has 0 aliphatic rings. The van der Waals surface area contributed by atoms with Crippen LogP contribution in [-0.2, 0) is 16.1 Å². The third-order valence-corrected chi connectivity index (χ3v) is 3.73. The molecule has 0 saturated carbocycles. The maximum Gasteiger partial charge on any atom is 0.401 e. The van der Waals surface area contributed by atoms with Crippen molar-refractivity contribution in [1.82, 2.24) is 0 Å². The molecular weight excluding hydrogens is 400 g/mol. The summed E-state index contributed by atoms with van der Waals surface area (Å²) in [6.07, 6.45) is -12.9. The minimum atomic E-state index is -5.54. The average molecular weight is 423 g/mol. The minimum Gasteiger partial charge on any atom is -0.461 e. The predicted molar refractivity (Wildman–Crippen MR) is 97.6 cm³/mol. The van der Waals surface area contributed by atoms with Gasteiger partial charge in [-0.15, -0.1) is 0 Å². The highest BCUT2D eigenvalue weighted by Gasteiger charge is 2.57. The van der Waals surface area contributed by atoms with Crippen LogP contribution in [0.1, 0.15) is 31.9 Å². The lowest BCUT2D eigenvalue weighted by Gasteiger charge is -2.21. The Bertz CT molecular complexity index is 722. The van der Waals surface area contributed by atoms with Crippen LogP contribution in [0.15, 0.2) is 60.7 Å². The van der Waals surface area contributed by atoms with Crippen molar-refractivity contribution in [3.8, 4) is 0 Å². The molecule has 2 aromatic rings. The Morgan fingerprint density at radius 3 is 1.76 bits per heavy atom. The molecule has 2 rings (SSSR count). The summed E-state index contributed by atoms with van der Waals surface area (Å²) in [7, 11) is 0. The lowest BCUT2D eigenvalue weighted by atomic mass is 10.1. The first-order chi connectivity index (χ1) is 13.4. The number of benzene rings is 2. The van der Waals surface area contributed by atoms with Crippen molar-refractivity contribution in [3.63, 3.8) is 0 Å². The monoisotopic (exact) mass is 423 g/mol. The summed E-state index contributed by atoms with van der Waals surface area (Å²) in [4.78, 5) is 11.1. The highest BCUT2D eigenvalue weighted by molar-refractivity contribution is 5.70. The normalized spacial score (nSPS) is 12.7. The Kier molecular flexibility index (Phi) is 9.16. The molecule has 0 bridgehead atoms. The van der Waals surface area contributed by atoms with Gasteiger partial charge in [0.15, 0.2) is 5.92 Å². The number of alkyl halides is 6. The van der Waals surface area contributed by atoms with Gasteiger partial charge in [-0.05, 0) is 18.1 Å². The zero-order chi connectivity index (χ0) is 22.1. The van der Waals surface area contributed by atoms with Crippen LogP contribution < -0.4 is 5.73 Å². The van der Waals surface area contributed by atoms with E-state index in [0.29, 0.717) is 5.56 Å². The third-order valence-electron chi connectivity index (χ3n) is 3.73. The number of carbonyl (C=O) groups excluding carboxylic acids is 1.